The lowest BCUT2D eigenvalue weighted by Gasteiger charge is -2.30. The Morgan fingerprint density at radius 2 is 0.472 bits per heavy atom. The number of hydrogen-bond acceptors (Lipinski definition) is 0. The van der Waals surface area contributed by atoms with Gasteiger partial charge in [0.05, 0.1) is 0 Å². The van der Waals surface area contributed by atoms with Crippen LogP contribution < -0.4 is 0 Å². The van der Waals surface area contributed by atoms with E-state index in [-0.39, 0.29) is 5.48 Å². The lowest BCUT2D eigenvalue weighted by atomic mass is 9.88. The molecular weight excluding hydrogens is 455 g/mol. The van der Waals surface area contributed by atoms with Crippen LogP contribution in [0.2, 0.25) is 0 Å². The largest absolute Gasteiger partial charge is 0.412 e. The van der Waals surface area contributed by atoms with Crippen LogP contribution in [0.3, 0.4) is 0 Å². The highest BCUT2D eigenvalue weighted by atomic mass is 31.0. The molecule has 0 spiro atoms. The number of unbranched alkanes of at least 4 members (excludes halogenated alkanes) is 24. The Kier molecular flexibility index (Phi) is 33.8. The average Bonchev–Trinajstić information content (AvgIpc) is 2.86. The molecule has 0 saturated carbocycles. The summed E-state index contributed by atoms with van der Waals surface area (Å²) in [7, 11) is 3.40. The van der Waals surface area contributed by atoms with Crippen LogP contribution in [0, 0.1) is 0 Å². The van der Waals surface area contributed by atoms with Gasteiger partial charge in [-0.2, -0.15) is 0 Å². The monoisotopic (exact) mass is 529 g/mol. The van der Waals surface area contributed by atoms with Gasteiger partial charge in [-0.25, -0.2) is 0 Å². The molecule has 2 heteroatoms. The third kappa shape index (κ3) is 29.0. The smallest absolute Gasteiger partial charge is 0.0150 e. The lowest BCUT2D eigenvalue weighted by molar-refractivity contribution is 0.401. The van der Waals surface area contributed by atoms with Gasteiger partial charge in [-0.15, -0.1) is 9.24 Å². The zero-order valence-corrected chi connectivity index (χ0v) is 26.9. The molecule has 0 rings (SSSR count). The molecule has 1 atom stereocenters. The van der Waals surface area contributed by atoms with Gasteiger partial charge in [0, 0.05) is 0 Å². The molecule has 0 amide bonds. The Hall–Kier alpha value is 0.390. The fraction of sp³-hybridized carbons (Fsp3) is 1.00. The maximum atomic E-state index is 3.40. The van der Waals surface area contributed by atoms with Crippen LogP contribution in [-0.2, 0) is 0 Å². The van der Waals surface area contributed by atoms with E-state index >= 15 is 0 Å². The van der Waals surface area contributed by atoms with Crippen molar-refractivity contribution in [2.75, 3.05) is 0 Å². The van der Waals surface area contributed by atoms with Crippen LogP contribution in [0.15, 0.2) is 0 Å². The van der Waals surface area contributed by atoms with E-state index in [9.17, 15) is 0 Å². The van der Waals surface area contributed by atoms with Crippen LogP contribution in [0.5, 0.6) is 0 Å². The van der Waals surface area contributed by atoms with Crippen molar-refractivity contribution in [3.05, 3.63) is 0 Å². The van der Waals surface area contributed by atoms with E-state index in [0.717, 1.165) is 0 Å². The molecule has 0 aromatic carbocycles. The summed E-state index contributed by atoms with van der Waals surface area (Å²) in [5.74, 6) is 0. The van der Waals surface area contributed by atoms with Gasteiger partial charge in [-0.3, -0.25) is 0 Å². The molecule has 1 unspecified atom stereocenters. The molecule has 0 radical (unpaired) electrons. The van der Waals surface area contributed by atoms with Crippen LogP contribution in [0.1, 0.15) is 213 Å². The second-order valence-corrected chi connectivity index (χ2v) is 13.3. The number of rotatable bonds is 30. The first-order valence-electron chi connectivity index (χ1n) is 17.0. The third-order valence-corrected chi connectivity index (χ3v) is 9.20. The predicted molar refractivity (Wildman–Crippen MR) is 172 cm³/mol. The van der Waals surface area contributed by atoms with E-state index in [2.05, 4.69) is 30.0 Å². The fourth-order valence-corrected chi connectivity index (χ4v) is 6.35. The predicted octanol–water partition coefficient (Wildman–Crippen LogP) is 12.5. The van der Waals surface area contributed by atoms with Crippen molar-refractivity contribution in [2.24, 2.45) is 0 Å². The summed E-state index contributed by atoms with van der Waals surface area (Å²) in [6, 6.07) is 0. The third-order valence-electron chi connectivity index (χ3n) is 8.33. The minimum atomic E-state index is 0. The zero-order chi connectivity index (χ0) is 25.7. The van der Waals surface area contributed by atoms with E-state index in [1.165, 1.54) is 193 Å². The molecule has 0 aliphatic rings. The topological polar surface area (TPSA) is 31.5 Å². The molecule has 0 aromatic rings. The second kappa shape index (κ2) is 31.6. The maximum Gasteiger partial charge on any atom is -0.0150 e. The van der Waals surface area contributed by atoms with Gasteiger partial charge in [-0.05, 0) is 24.4 Å². The average molecular weight is 529 g/mol. The van der Waals surface area contributed by atoms with Gasteiger partial charge < -0.3 is 5.48 Å². The van der Waals surface area contributed by atoms with Crippen LogP contribution in [0.25, 0.3) is 0 Å². The van der Waals surface area contributed by atoms with E-state index in [4.69, 9.17) is 0 Å². The van der Waals surface area contributed by atoms with Crippen molar-refractivity contribution >= 4 is 9.24 Å². The summed E-state index contributed by atoms with van der Waals surface area (Å²) in [5.41, 5.74) is 0. The van der Waals surface area contributed by atoms with E-state index in [1.54, 1.807) is 0 Å². The summed E-state index contributed by atoms with van der Waals surface area (Å²) in [6.45, 7) is 6.95. The highest BCUT2D eigenvalue weighted by Crippen LogP contribution is 2.37. The molecule has 220 valence electrons. The van der Waals surface area contributed by atoms with Crippen LogP contribution >= 0.6 is 9.24 Å². The molecule has 2 N–H and O–H groups in total. The molecule has 0 aliphatic heterocycles. The number of hydrogen-bond donors (Lipinski definition) is 0. The van der Waals surface area contributed by atoms with Gasteiger partial charge in [0.25, 0.3) is 0 Å². The van der Waals surface area contributed by atoms with Crippen molar-refractivity contribution in [2.45, 2.75) is 219 Å². The SMILES string of the molecule is CCCCCCCCCCCC(P)(CCCCCCCCCCC)CCCCCCCCCCC.O. The van der Waals surface area contributed by atoms with E-state index in [1.807, 2.05) is 0 Å². The summed E-state index contributed by atoms with van der Waals surface area (Å²) in [4.78, 5) is 0. The minimum absolute atomic E-state index is 0. The Morgan fingerprint density at radius 3 is 0.667 bits per heavy atom. The fourth-order valence-electron chi connectivity index (χ4n) is 5.74. The first-order valence-corrected chi connectivity index (χ1v) is 17.5. The molecule has 36 heavy (non-hydrogen) atoms. The summed E-state index contributed by atoms with van der Waals surface area (Å²) in [6.07, 6.45) is 43.7. The molecule has 0 aliphatic carbocycles. The van der Waals surface area contributed by atoms with Gasteiger partial charge in [0.2, 0.25) is 0 Å². The highest BCUT2D eigenvalue weighted by molar-refractivity contribution is 7.19. The molecule has 0 aromatic heterocycles. The molecule has 1 nitrogen and oxygen atoms in total. The van der Waals surface area contributed by atoms with Gasteiger partial charge in [-0.1, -0.05) is 194 Å². The Bertz CT molecular complexity index is 328. The van der Waals surface area contributed by atoms with Gasteiger partial charge >= 0.3 is 0 Å². The van der Waals surface area contributed by atoms with Crippen LogP contribution in [0.4, 0.5) is 0 Å². The summed E-state index contributed by atoms with van der Waals surface area (Å²) in [5, 5.41) is 0.545. The van der Waals surface area contributed by atoms with Crippen LogP contribution in [-0.4, -0.2) is 10.6 Å². The van der Waals surface area contributed by atoms with Crippen molar-refractivity contribution < 1.29 is 5.48 Å². The van der Waals surface area contributed by atoms with Crippen molar-refractivity contribution in [3.8, 4) is 0 Å². The minimum Gasteiger partial charge on any atom is -0.412 e. The highest BCUT2D eigenvalue weighted by Gasteiger charge is 2.23. The molecule has 0 bridgehead atoms. The Morgan fingerprint density at radius 1 is 0.306 bits per heavy atom. The van der Waals surface area contributed by atoms with Crippen molar-refractivity contribution in [1.82, 2.24) is 0 Å². The quantitative estimate of drug-likeness (QED) is 0.0655. The normalized spacial score (nSPS) is 11.7. The first kappa shape index (κ1) is 38.5. The second-order valence-electron chi connectivity index (χ2n) is 12.1. The zero-order valence-electron chi connectivity index (χ0n) is 25.8. The van der Waals surface area contributed by atoms with Crippen molar-refractivity contribution in [1.29, 1.82) is 0 Å². The lowest BCUT2D eigenvalue weighted by Crippen LogP contribution is -2.20. The first-order chi connectivity index (χ1) is 17.2. The maximum absolute atomic E-state index is 3.40. The molecule has 0 heterocycles. The molecule has 0 fully saturated rings. The summed E-state index contributed by atoms with van der Waals surface area (Å²) >= 11 is 0. The van der Waals surface area contributed by atoms with Gasteiger partial charge in [0.1, 0.15) is 0 Å². The van der Waals surface area contributed by atoms with E-state index in [0.29, 0.717) is 5.16 Å². The Labute approximate surface area is 233 Å². The van der Waals surface area contributed by atoms with Gasteiger partial charge in [0.15, 0.2) is 0 Å². The summed E-state index contributed by atoms with van der Waals surface area (Å²) < 4.78 is 0. The standard InChI is InChI=1S/C34H71P.H2O/c1-4-7-10-13-16-19-22-25-28-31-34(35,32-29-26-23-20-17-14-11-8-5-2)33-30-27-24-21-18-15-12-9-6-3;/h4-33,35H2,1-3H3;1H2. The van der Waals surface area contributed by atoms with E-state index < -0.39 is 0 Å². The van der Waals surface area contributed by atoms with Crippen molar-refractivity contribution in [3.63, 3.8) is 0 Å². The molecular formula is C34H73OP. The molecule has 0 saturated heterocycles. The Balaban J connectivity index is 0.